The van der Waals surface area contributed by atoms with Crippen molar-refractivity contribution in [3.8, 4) is 5.75 Å². The summed E-state index contributed by atoms with van der Waals surface area (Å²) in [6.07, 6.45) is -0.282. The molecule has 0 aromatic heterocycles. The highest BCUT2D eigenvalue weighted by molar-refractivity contribution is 5.99. The fraction of sp³-hybridized carbons (Fsp3) is 0.333. The number of ether oxygens (including phenoxy) is 2. The molecule has 1 heterocycles. The number of carbonyl (C=O) groups is 2. The molecule has 2 aromatic carbocycles. The first-order chi connectivity index (χ1) is 13.5. The topological polar surface area (TPSA) is 96.9 Å². The first-order valence-electron chi connectivity index (χ1n) is 9.04. The molecule has 0 saturated carbocycles. The highest BCUT2D eigenvalue weighted by Gasteiger charge is 2.43. The number of amides is 1. The molecule has 2 atom stereocenters. The predicted octanol–water partition coefficient (Wildman–Crippen LogP) is 1.46. The van der Waals surface area contributed by atoms with E-state index in [2.05, 4.69) is 10.6 Å². The smallest absolute Gasteiger partial charge is 0.338 e. The van der Waals surface area contributed by atoms with E-state index in [4.69, 9.17) is 9.47 Å². The molecule has 0 aliphatic carbocycles. The molecule has 28 heavy (non-hydrogen) atoms. The van der Waals surface area contributed by atoms with Gasteiger partial charge in [0.25, 0.3) is 5.91 Å². The van der Waals surface area contributed by atoms with Crippen LogP contribution in [0.25, 0.3) is 0 Å². The summed E-state index contributed by atoms with van der Waals surface area (Å²) in [6.45, 7) is 1.01. The monoisotopic (exact) mass is 384 g/mol. The third-order valence-electron chi connectivity index (χ3n) is 5.05. The van der Waals surface area contributed by atoms with E-state index >= 15 is 0 Å². The molecule has 1 amide bonds. The summed E-state index contributed by atoms with van der Waals surface area (Å²) in [4.78, 5) is 25.0. The summed E-state index contributed by atoms with van der Waals surface area (Å²) in [7, 11) is 2.73. The van der Waals surface area contributed by atoms with Gasteiger partial charge in [-0.05, 0) is 36.7 Å². The van der Waals surface area contributed by atoms with Gasteiger partial charge in [0, 0.05) is 12.1 Å². The van der Waals surface area contributed by atoms with E-state index in [-0.39, 0.29) is 11.1 Å². The van der Waals surface area contributed by atoms with Gasteiger partial charge < -0.3 is 25.2 Å². The molecule has 1 aliphatic rings. The van der Waals surface area contributed by atoms with E-state index in [1.165, 1.54) is 26.4 Å². The summed E-state index contributed by atoms with van der Waals surface area (Å²) in [6, 6.07) is 13.9. The minimum Gasteiger partial charge on any atom is -0.497 e. The minimum absolute atomic E-state index is 0.214. The van der Waals surface area contributed by atoms with Crippen LogP contribution in [0.2, 0.25) is 0 Å². The minimum atomic E-state index is -0.932. The Labute approximate surface area is 163 Å². The molecule has 0 spiro atoms. The Hall–Kier alpha value is -2.90. The molecule has 3 rings (SSSR count). The van der Waals surface area contributed by atoms with Gasteiger partial charge in [-0.2, -0.15) is 0 Å². The molecule has 1 aliphatic heterocycles. The van der Waals surface area contributed by atoms with Gasteiger partial charge in [-0.3, -0.25) is 4.79 Å². The van der Waals surface area contributed by atoms with Crippen molar-refractivity contribution in [3.63, 3.8) is 0 Å². The zero-order chi connectivity index (χ0) is 20.1. The standard InChI is InChI=1S/C21H24N2O5/c1-27-17-11-14(10-15(12-17)20(26)28-2)19(25)23-21(8-9-22-13-18(21)24)16-6-4-3-5-7-16/h3-7,10-12,18,22,24H,8-9,13H2,1-2H3,(H,23,25)/t18-,21-/m1/s1. The van der Waals surface area contributed by atoms with Crippen LogP contribution in [0.4, 0.5) is 0 Å². The van der Waals surface area contributed by atoms with Crippen molar-refractivity contribution in [2.24, 2.45) is 0 Å². The first-order valence-corrected chi connectivity index (χ1v) is 9.04. The Kier molecular flexibility index (Phi) is 5.96. The van der Waals surface area contributed by atoms with Gasteiger partial charge in [0.2, 0.25) is 0 Å². The zero-order valence-electron chi connectivity index (χ0n) is 15.9. The Balaban J connectivity index is 1.98. The van der Waals surface area contributed by atoms with Crippen molar-refractivity contribution in [1.29, 1.82) is 0 Å². The number of carbonyl (C=O) groups excluding carboxylic acids is 2. The largest absolute Gasteiger partial charge is 0.497 e. The molecule has 3 N–H and O–H groups in total. The quantitative estimate of drug-likeness (QED) is 0.676. The summed E-state index contributed by atoms with van der Waals surface area (Å²) in [5.74, 6) is -0.603. The zero-order valence-corrected chi connectivity index (χ0v) is 15.9. The lowest BCUT2D eigenvalue weighted by Crippen LogP contribution is -2.61. The van der Waals surface area contributed by atoms with Crippen LogP contribution >= 0.6 is 0 Å². The average Bonchev–Trinajstić information content (AvgIpc) is 2.75. The lowest BCUT2D eigenvalue weighted by Gasteiger charge is -2.43. The van der Waals surface area contributed by atoms with Crippen LogP contribution in [0, 0.1) is 0 Å². The number of piperidine rings is 1. The summed E-state index contributed by atoms with van der Waals surface area (Å²) in [5, 5.41) is 16.9. The highest BCUT2D eigenvalue weighted by atomic mass is 16.5. The molecule has 2 aromatic rings. The van der Waals surface area contributed by atoms with E-state index in [1.54, 1.807) is 6.07 Å². The Morgan fingerprint density at radius 3 is 2.50 bits per heavy atom. The fourth-order valence-corrected chi connectivity index (χ4v) is 3.51. The second kappa shape index (κ2) is 8.41. The van der Waals surface area contributed by atoms with Crippen LogP contribution in [0.5, 0.6) is 5.75 Å². The Bertz CT molecular complexity index is 855. The lowest BCUT2D eigenvalue weighted by molar-refractivity contribution is 0.0289. The Morgan fingerprint density at radius 2 is 1.86 bits per heavy atom. The number of methoxy groups -OCH3 is 2. The fourth-order valence-electron chi connectivity index (χ4n) is 3.51. The van der Waals surface area contributed by atoms with E-state index < -0.39 is 23.5 Å². The van der Waals surface area contributed by atoms with Crippen LogP contribution in [0.15, 0.2) is 48.5 Å². The van der Waals surface area contributed by atoms with Crippen molar-refractivity contribution in [1.82, 2.24) is 10.6 Å². The number of β-amino-alcohol motifs (C(OH)–C–C–N with tert-alkyl or cyclic N) is 1. The van der Waals surface area contributed by atoms with Crippen LogP contribution in [-0.4, -0.2) is 50.4 Å². The van der Waals surface area contributed by atoms with Gasteiger partial charge in [-0.25, -0.2) is 4.79 Å². The van der Waals surface area contributed by atoms with Gasteiger partial charge in [-0.1, -0.05) is 30.3 Å². The molecular weight excluding hydrogens is 360 g/mol. The van der Waals surface area contributed by atoms with Crippen LogP contribution < -0.4 is 15.4 Å². The number of aliphatic hydroxyl groups is 1. The van der Waals surface area contributed by atoms with E-state index in [0.29, 0.717) is 25.3 Å². The molecule has 0 radical (unpaired) electrons. The molecule has 0 bridgehead atoms. The summed E-state index contributed by atoms with van der Waals surface area (Å²) >= 11 is 0. The van der Waals surface area contributed by atoms with Gasteiger partial charge in [0.15, 0.2) is 0 Å². The van der Waals surface area contributed by atoms with E-state index in [0.717, 1.165) is 5.56 Å². The van der Waals surface area contributed by atoms with E-state index in [1.807, 2.05) is 30.3 Å². The van der Waals surface area contributed by atoms with Gasteiger partial charge in [0.05, 0.1) is 31.4 Å². The molecule has 7 nitrogen and oxygen atoms in total. The molecule has 7 heteroatoms. The summed E-state index contributed by atoms with van der Waals surface area (Å²) < 4.78 is 9.97. The predicted molar refractivity (Wildman–Crippen MR) is 103 cm³/mol. The van der Waals surface area contributed by atoms with Crippen LogP contribution in [0.3, 0.4) is 0 Å². The van der Waals surface area contributed by atoms with Crippen molar-refractivity contribution in [2.45, 2.75) is 18.1 Å². The van der Waals surface area contributed by atoms with E-state index in [9.17, 15) is 14.7 Å². The van der Waals surface area contributed by atoms with Crippen molar-refractivity contribution >= 4 is 11.9 Å². The lowest BCUT2D eigenvalue weighted by atomic mass is 9.79. The maximum atomic E-state index is 13.1. The summed E-state index contributed by atoms with van der Waals surface area (Å²) in [5.41, 5.74) is 0.360. The second-order valence-electron chi connectivity index (χ2n) is 6.70. The Morgan fingerprint density at radius 1 is 1.14 bits per heavy atom. The van der Waals surface area contributed by atoms with Crippen molar-refractivity contribution in [3.05, 3.63) is 65.2 Å². The van der Waals surface area contributed by atoms with Gasteiger partial charge >= 0.3 is 5.97 Å². The normalized spacial score (nSPS) is 21.6. The van der Waals surface area contributed by atoms with Gasteiger partial charge in [-0.15, -0.1) is 0 Å². The number of aliphatic hydroxyl groups excluding tert-OH is 1. The molecule has 1 fully saturated rings. The highest BCUT2D eigenvalue weighted by Crippen LogP contribution is 2.32. The molecular formula is C21H24N2O5. The maximum absolute atomic E-state index is 13.1. The second-order valence-corrected chi connectivity index (χ2v) is 6.70. The first kappa shape index (κ1) is 19.9. The van der Waals surface area contributed by atoms with Gasteiger partial charge in [0.1, 0.15) is 5.75 Å². The molecule has 0 unspecified atom stereocenters. The van der Waals surface area contributed by atoms with Crippen LogP contribution in [0.1, 0.15) is 32.7 Å². The molecule has 148 valence electrons. The maximum Gasteiger partial charge on any atom is 0.338 e. The SMILES string of the molecule is COC(=O)c1cc(OC)cc(C(=O)N[C@@]2(c3ccccc3)CCNC[C@H]2O)c1. The number of nitrogens with one attached hydrogen (secondary N) is 2. The van der Waals surface area contributed by atoms with Crippen LogP contribution in [-0.2, 0) is 10.3 Å². The number of hydrogen-bond donors (Lipinski definition) is 3. The third-order valence-corrected chi connectivity index (χ3v) is 5.05. The number of hydrogen-bond acceptors (Lipinski definition) is 6. The van der Waals surface area contributed by atoms with Crippen molar-refractivity contribution < 1.29 is 24.2 Å². The third kappa shape index (κ3) is 3.85. The number of esters is 1. The number of rotatable bonds is 5. The average molecular weight is 384 g/mol. The number of benzene rings is 2. The molecule has 1 saturated heterocycles. The van der Waals surface area contributed by atoms with Crippen molar-refractivity contribution in [2.75, 3.05) is 27.3 Å².